The first-order chi connectivity index (χ1) is 54.9. The highest BCUT2D eigenvalue weighted by molar-refractivity contribution is 9.10. The number of hydrogen-bond donors (Lipinski definition) is 1. The van der Waals surface area contributed by atoms with E-state index >= 15 is 0 Å². The van der Waals surface area contributed by atoms with Crippen LogP contribution in [0.15, 0.2) is 426 Å². The zero-order valence-electron chi connectivity index (χ0n) is 60.3. The summed E-state index contributed by atoms with van der Waals surface area (Å²) in [5, 5.41) is 18.1. The van der Waals surface area contributed by atoms with Crippen molar-refractivity contribution in [2.45, 2.75) is 0 Å². The van der Waals surface area contributed by atoms with Crippen LogP contribution in [-0.4, -0.2) is 9.13 Å². The van der Waals surface area contributed by atoms with E-state index in [0.29, 0.717) is 0 Å². The molecule has 0 saturated heterocycles. The molecular formula is C104H69BrN4O2. The van der Waals surface area contributed by atoms with Crippen LogP contribution in [0.5, 0.6) is 0 Å². The van der Waals surface area contributed by atoms with Crippen LogP contribution < -0.4 is 10.2 Å². The van der Waals surface area contributed by atoms with Crippen LogP contribution in [0.25, 0.3) is 165 Å². The number of rotatable bonds is 11. The molecule has 0 amide bonds. The third kappa shape index (κ3) is 12.7. The summed E-state index contributed by atoms with van der Waals surface area (Å²) in [6.07, 6.45) is 0. The Kier molecular flexibility index (Phi) is 17.0. The highest BCUT2D eigenvalue weighted by atomic mass is 79.9. The van der Waals surface area contributed by atoms with E-state index in [1.807, 2.05) is 30.3 Å². The number of nitrogens with zero attached hydrogens (tertiary/aromatic N) is 3. The first-order valence-electron chi connectivity index (χ1n) is 37.5. The van der Waals surface area contributed by atoms with Gasteiger partial charge in [0.15, 0.2) is 0 Å². The molecule has 4 heterocycles. The number of halogens is 1. The van der Waals surface area contributed by atoms with Crippen molar-refractivity contribution in [3.05, 3.63) is 417 Å². The second-order valence-corrected chi connectivity index (χ2v) is 29.1. The third-order valence-electron chi connectivity index (χ3n) is 21.5. The van der Waals surface area contributed by atoms with E-state index in [4.69, 9.17) is 8.83 Å². The molecule has 0 bridgehead atoms. The van der Waals surface area contributed by atoms with Gasteiger partial charge in [-0.1, -0.05) is 271 Å². The fourth-order valence-corrected chi connectivity index (χ4v) is 16.3. The summed E-state index contributed by atoms with van der Waals surface area (Å²) >= 11 is 3.51. The zero-order chi connectivity index (χ0) is 73.7. The van der Waals surface area contributed by atoms with Gasteiger partial charge in [0.05, 0.1) is 22.1 Å². The van der Waals surface area contributed by atoms with E-state index in [0.717, 1.165) is 99.2 Å². The second-order valence-electron chi connectivity index (χ2n) is 28.2. The van der Waals surface area contributed by atoms with Gasteiger partial charge in [0, 0.05) is 87.4 Å². The van der Waals surface area contributed by atoms with E-state index in [2.05, 4.69) is 417 Å². The number of hydrogen-bond acceptors (Lipinski definition) is 4. The van der Waals surface area contributed by atoms with Crippen LogP contribution >= 0.6 is 15.9 Å². The van der Waals surface area contributed by atoms with Gasteiger partial charge in [0.1, 0.15) is 22.3 Å². The van der Waals surface area contributed by atoms with Gasteiger partial charge in [-0.25, -0.2) is 0 Å². The van der Waals surface area contributed by atoms with Crippen LogP contribution in [0, 0.1) is 0 Å². The lowest BCUT2D eigenvalue weighted by molar-refractivity contribution is 0.668. The molecule has 4 aromatic heterocycles. The van der Waals surface area contributed by atoms with Gasteiger partial charge < -0.3 is 28.2 Å². The molecule has 0 aliphatic heterocycles. The van der Waals surface area contributed by atoms with Crippen LogP contribution in [0.2, 0.25) is 0 Å². The quantitative estimate of drug-likeness (QED) is 0.140. The molecule has 0 spiro atoms. The lowest BCUT2D eigenvalue weighted by Crippen LogP contribution is -2.09. The highest BCUT2D eigenvalue weighted by Crippen LogP contribution is 2.42. The Morgan fingerprint density at radius 2 is 0.550 bits per heavy atom. The molecule has 22 aromatic rings. The Bertz CT molecular complexity index is 7140. The largest absolute Gasteiger partial charge is 0.456 e. The molecule has 0 fully saturated rings. The summed E-state index contributed by atoms with van der Waals surface area (Å²) < 4.78 is 18.1. The first-order valence-corrected chi connectivity index (χ1v) is 38.3. The number of benzene rings is 18. The number of nitrogens with one attached hydrogen (secondary N) is 1. The van der Waals surface area contributed by atoms with Gasteiger partial charge in [-0.3, -0.25) is 0 Å². The van der Waals surface area contributed by atoms with Crippen molar-refractivity contribution in [2.24, 2.45) is 0 Å². The van der Waals surface area contributed by atoms with E-state index in [1.165, 1.54) is 98.7 Å². The standard InChI is InChI=1S/C52H34N2O.C28H19NO.C24H16BrN/c1-2-11-38-33-44(30-24-35(38)10-1)53(42-28-22-37(23-29-42)40-25-31-48-47-16-5-8-19-51(47)55-52(48)34-40)41-26-20-36(21-27-41)39-12-9-13-43(32-39)54-49-17-6-3-14-45(49)46-15-4-7-18-50(46)54;1-2-6-21-17-24(15-11-19(21)5-1)29-23-13-9-20(10-14-23)22-12-16-26-25-7-3-4-8-27(25)30-28(26)18-22;25-19-14-12-17(13-15-19)18-6-5-7-20(16-18)26-23-10-3-1-8-21(23)22-9-2-4-11-24(22)26/h1-34H;1-18,29H;1-16H. The Morgan fingerprint density at radius 1 is 0.216 bits per heavy atom. The topological polar surface area (TPSA) is 51.4 Å². The predicted octanol–water partition coefficient (Wildman–Crippen LogP) is 30.0. The second kappa shape index (κ2) is 28.5. The number of para-hydroxylation sites is 6. The fourth-order valence-electron chi connectivity index (χ4n) is 16.1. The summed E-state index contributed by atoms with van der Waals surface area (Å²) in [6, 6.07) is 146. The molecular weight excluding hydrogens is 1420 g/mol. The van der Waals surface area contributed by atoms with Crippen LogP contribution in [0.4, 0.5) is 28.4 Å². The summed E-state index contributed by atoms with van der Waals surface area (Å²) in [5.74, 6) is 0. The highest BCUT2D eigenvalue weighted by Gasteiger charge is 2.19. The van der Waals surface area contributed by atoms with Gasteiger partial charge in [0.2, 0.25) is 0 Å². The maximum atomic E-state index is 6.22. The molecule has 6 nitrogen and oxygen atoms in total. The molecule has 0 unspecified atom stereocenters. The van der Waals surface area contributed by atoms with Gasteiger partial charge in [-0.15, -0.1) is 0 Å². The smallest absolute Gasteiger partial charge is 0.136 e. The molecule has 0 aliphatic rings. The van der Waals surface area contributed by atoms with Crippen molar-refractivity contribution in [3.8, 4) is 55.9 Å². The van der Waals surface area contributed by atoms with Crippen molar-refractivity contribution in [3.63, 3.8) is 0 Å². The van der Waals surface area contributed by atoms with Gasteiger partial charge >= 0.3 is 0 Å². The van der Waals surface area contributed by atoms with E-state index < -0.39 is 0 Å². The number of aromatic nitrogens is 2. The van der Waals surface area contributed by atoms with Gasteiger partial charge in [-0.05, 0) is 224 Å². The summed E-state index contributed by atoms with van der Waals surface area (Å²) in [6.45, 7) is 0. The van der Waals surface area contributed by atoms with E-state index in [9.17, 15) is 0 Å². The van der Waals surface area contributed by atoms with Crippen LogP contribution in [0.1, 0.15) is 0 Å². The molecule has 111 heavy (non-hydrogen) atoms. The van der Waals surface area contributed by atoms with Gasteiger partial charge in [0.25, 0.3) is 0 Å². The number of anilines is 5. The van der Waals surface area contributed by atoms with Crippen LogP contribution in [-0.2, 0) is 0 Å². The zero-order valence-corrected chi connectivity index (χ0v) is 61.9. The number of fused-ring (bicyclic) bond motifs is 14. The minimum Gasteiger partial charge on any atom is -0.456 e. The van der Waals surface area contributed by atoms with Crippen molar-refractivity contribution < 1.29 is 8.83 Å². The van der Waals surface area contributed by atoms with Crippen molar-refractivity contribution in [2.75, 3.05) is 10.2 Å². The monoisotopic (exact) mass is 1480 g/mol. The summed E-state index contributed by atoms with van der Waals surface area (Å²) in [4.78, 5) is 2.34. The maximum Gasteiger partial charge on any atom is 0.136 e. The minimum atomic E-state index is 0.904. The summed E-state index contributed by atoms with van der Waals surface area (Å²) in [5.41, 5.74) is 25.7. The third-order valence-corrected chi connectivity index (χ3v) is 22.0. The molecule has 0 radical (unpaired) electrons. The SMILES string of the molecule is Brc1ccc(-c2cccc(-n3c4ccccc4c4ccccc43)c2)cc1.c1cc(-c2ccc(N(c3ccc(-c4ccc5c(c4)oc4ccccc45)cc3)c3ccc4ccccc4c3)cc2)cc(-n2c3ccccc3c3ccccc32)c1.c1ccc2cc(Nc3ccc(-c4ccc5c(c4)oc4ccccc45)cc3)ccc2c1. The average Bonchev–Trinajstić information content (AvgIpc) is 1.60. The Labute approximate surface area is 649 Å². The normalized spacial score (nSPS) is 11.5. The Balaban J connectivity index is 0.000000120. The molecule has 0 aliphatic carbocycles. The van der Waals surface area contributed by atoms with Gasteiger partial charge in [-0.2, -0.15) is 0 Å². The van der Waals surface area contributed by atoms with Crippen molar-refractivity contribution in [1.29, 1.82) is 0 Å². The molecule has 1 N–H and O–H groups in total. The van der Waals surface area contributed by atoms with E-state index in [1.54, 1.807) is 0 Å². The predicted molar refractivity (Wildman–Crippen MR) is 471 cm³/mol. The molecule has 18 aromatic carbocycles. The van der Waals surface area contributed by atoms with Crippen molar-refractivity contribution in [1.82, 2.24) is 9.13 Å². The van der Waals surface area contributed by atoms with Crippen LogP contribution in [0.3, 0.4) is 0 Å². The fraction of sp³-hybridized carbons (Fsp3) is 0. The lowest BCUT2D eigenvalue weighted by atomic mass is 10.0. The molecule has 0 atom stereocenters. The minimum absolute atomic E-state index is 0.904. The van der Waals surface area contributed by atoms with E-state index in [-0.39, 0.29) is 0 Å². The first kappa shape index (κ1) is 66.2. The average molecular weight is 1490 g/mol. The maximum absolute atomic E-state index is 6.22. The molecule has 524 valence electrons. The molecule has 22 rings (SSSR count). The molecule has 0 saturated carbocycles. The lowest BCUT2D eigenvalue weighted by Gasteiger charge is -2.26. The Hall–Kier alpha value is -14.2. The molecule has 7 heteroatoms. The number of furan rings is 2. The van der Waals surface area contributed by atoms with Crippen molar-refractivity contribution >= 4 is 153 Å². The Morgan fingerprint density at radius 3 is 1.01 bits per heavy atom. The summed E-state index contributed by atoms with van der Waals surface area (Å²) in [7, 11) is 0.